The average molecular weight is 376 g/mol. The topological polar surface area (TPSA) is 101 Å². The van der Waals surface area contributed by atoms with Gasteiger partial charge in [-0.2, -0.15) is 4.98 Å². The molecule has 0 spiro atoms. The Labute approximate surface area is 159 Å². The third-order valence-electron chi connectivity index (χ3n) is 4.65. The summed E-state index contributed by atoms with van der Waals surface area (Å²) in [7, 11) is 1.65. The molecular formula is C19H16N6O3. The Bertz CT molecular complexity index is 1090. The van der Waals surface area contributed by atoms with Gasteiger partial charge in [-0.1, -0.05) is 22.5 Å². The molecule has 9 heteroatoms. The summed E-state index contributed by atoms with van der Waals surface area (Å²) in [5.41, 5.74) is 3.25. The van der Waals surface area contributed by atoms with Crippen molar-refractivity contribution in [2.45, 2.75) is 19.3 Å². The highest BCUT2D eigenvalue weighted by atomic mass is 16.5. The maximum atomic E-state index is 6.04. The van der Waals surface area contributed by atoms with Gasteiger partial charge in [-0.25, -0.2) is 4.68 Å². The Morgan fingerprint density at radius 1 is 1.11 bits per heavy atom. The van der Waals surface area contributed by atoms with Crippen molar-refractivity contribution < 1.29 is 14.0 Å². The van der Waals surface area contributed by atoms with Crippen molar-refractivity contribution in [2.75, 3.05) is 7.11 Å². The Kier molecular flexibility index (Phi) is 4.06. The summed E-state index contributed by atoms with van der Waals surface area (Å²) < 4.78 is 18.4. The number of hydrogen-bond donors (Lipinski definition) is 0. The molecule has 4 heterocycles. The van der Waals surface area contributed by atoms with Crippen LogP contribution in [-0.2, 0) is 17.9 Å². The zero-order valence-corrected chi connectivity index (χ0v) is 15.0. The van der Waals surface area contributed by atoms with Crippen LogP contribution in [-0.4, -0.2) is 37.2 Å². The first-order chi connectivity index (χ1) is 13.8. The van der Waals surface area contributed by atoms with Gasteiger partial charge in [0.05, 0.1) is 26.0 Å². The summed E-state index contributed by atoms with van der Waals surface area (Å²) in [6.45, 7) is 0.919. The molecule has 0 aliphatic carbocycles. The van der Waals surface area contributed by atoms with E-state index in [0.717, 1.165) is 22.6 Å². The molecule has 4 aromatic rings. The second-order valence-corrected chi connectivity index (χ2v) is 6.30. The van der Waals surface area contributed by atoms with Gasteiger partial charge < -0.3 is 14.0 Å². The molecule has 0 N–H and O–H groups in total. The van der Waals surface area contributed by atoms with Gasteiger partial charge in [0, 0.05) is 18.0 Å². The molecule has 1 aliphatic heterocycles. The number of fused-ring (bicyclic) bond motifs is 1. The van der Waals surface area contributed by atoms with E-state index in [2.05, 4.69) is 25.4 Å². The van der Waals surface area contributed by atoms with Gasteiger partial charge in [-0.3, -0.25) is 4.98 Å². The maximum Gasteiger partial charge on any atom is 0.258 e. The van der Waals surface area contributed by atoms with Gasteiger partial charge >= 0.3 is 0 Å². The van der Waals surface area contributed by atoms with Crippen LogP contribution in [0.25, 0.3) is 23.0 Å². The van der Waals surface area contributed by atoms with E-state index < -0.39 is 0 Å². The van der Waals surface area contributed by atoms with E-state index in [0.29, 0.717) is 30.6 Å². The molecule has 140 valence electrons. The Balaban J connectivity index is 1.39. The highest BCUT2D eigenvalue weighted by molar-refractivity contribution is 5.57. The quantitative estimate of drug-likeness (QED) is 0.536. The second-order valence-electron chi connectivity index (χ2n) is 6.30. The van der Waals surface area contributed by atoms with Gasteiger partial charge in [-0.05, 0) is 29.8 Å². The van der Waals surface area contributed by atoms with Crippen molar-refractivity contribution >= 4 is 0 Å². The number of pyridine rings is 1. The van der Waals surface area contributed by atoms with Crippen LogP contribution in [0.5, 0.6) is 5.75 Å². The van der Waals surface area contributed by atoms with Crippen LogP contribution in [0.2, 0.25) is 0 Å². The largest absolute Gasteiger partial charge is 0.497 e. The fourth-order valence-electron chi connectivity index (χ4n) is 3.14. The lowest BCUT2D eigenvalue weighted by molar-refractivity contribution is -0.00114. The predicted octanol–water partition coefficient (Wildman–Crippen LogP) is 2.67. The molecule has 0 saturated heterocycles. The third-order valence-corrected chi connectivity index (χ3v) is 4.65. The van der Waals surface area contributed by atoms with Crippen LogP contribution in [0.15, 0.2) is 53.3 Å². The molecule has 1 atom stereocenters. The zero-order chi connectivity index (χ0) is 18.9. The van der Waals surface area contributed by atoms with Crippen LogP contribution < -0.4 is 4.74 Å². The van der Waals surface area contributed by atoms with Crippen LogP contribution in [0, 0.1) is 0 Å². The number of hydrogen-bond acceptors (Lipinski definition) is 8. The molecule has 1 aliphatic rings. The zero-order valence-electron chi connectivity index (χ0n) is 15.0. The molecule has 0 radical (unpaired) electrons. The Morgan fingerprint density at radius 2 is 1.93 bits per heavy atom. The Hall–Kier alpha value is -3.59. The third kappa shape index (κ3) is 2.91. The number of ether oxygens (including phenoxy) is 2. The Morgan fingerprint density at radius 3 is 2.71 bits per heavy atom. The lowest BCUT2D eigenvalue weighted by Gasteiger charge is -2.24. The van der Waals surface area contributed by atoms with E-state index in [-0.39, 0.29) is 6.10 Å². The fraction of sp³-hybridized carbons (Fsp3) is 0.211. The molecular weight excluding hydrogens is 360 g/mol. The van der Waals surface area contributed by atoms with Crippen LogP contribution in [0.1, 0.15) is 17.4 Å². The van der Waals surface area contributed by atoms with Crippen molar-refractivity contribution in [3.8, 4) is 28.7 Å². The molecule has 0 amide bonds. The maximum absolute atomic E-state index is 6.04. The first kappa shape index (κ1) is 16.6. The van der Waals surface area contributed by atoms with Gasteiger partial charge in [-0.15, -0.1) is 5.10 Å². The lowest BCUT2D eigenvalue weighted by Crippen LogP contribution is -2.22. The van der Waals surface area contributed by atoms with Crippen molar-refractivity contribution in [3.63, 3.8) is 0 Å². The summed E-state index contributed by atoms with van der Waals surface area (Å²) in [5, 5.41) is 12.5. The molecule has 9 nitrogen and oxygen atoms in total. The fourth-order valence-corrected chi connectivity index (χ4v) is 3.14. The molecule has 0 fully saturated rings. The number of benzene rings is 1. The van der Waals surface area contributed by atoms with E-state index in [1.807, 2.05) is 28.9 Å². The smallest absolute Gasteiger partial charge is 0.258 e. The number of aromatic nitrogens is 6. The summed E-state index contributed by atoms with van der Waals surface area (Å²) >= 11 is 0. The molecule has 0 unspecified atom stereocenters. The minimum Gasteiger partial charge on any atom is -0.497 e. The SMILES string of the molecule is COc1ccc([C@@H]2Cn3nnc(-c4noc(-c5ccncc5)n4)c3CO2)cc1. The van der Waals surface area contributed by atoms with E-state index in [4.69, 9.17) is 14.0 Å². The van der Waals surface area contributed by atoms with Crippen LogP contribution >= 0.6 is 0 Å². The van der Waals surface area contributed by atoms with Gasteiger partial charge in [0.2, 0.25) is 5.82 Å². The number of nitrogens with zero attached hydrogens (tertiary/aromatic N) is 6. The van der Waals surface area contributed by atoms with Crippen molar-refractivity contribution in [3.05, 3.63) is 60.0 Å². The average Bonchev–Trinajstić information content (AvgIpc) is 3.41. The van der Waals surface area contributed by atoms with E-state index in [1.165, 1.54) is 0 Å². The lowest BCUT2D eigenvalue weighted by atomic mass is 10.1. The van der Waals surface area contributed by atoms with Crippen LogP contribution in [0.3, 0.4) is 0 Å². The first-order valence-corrected chi connectivity index (χ1v) is 8.74. The molecule has 5 rings (SSSR count). The monoisotopic (exact) mass is 376 g/mol. The van der Waals surface area contributed by atoms with Gasteiger partial charge in [0.1, 0.15) is 11.9 Å². The first-order valence-electron chi connectivity index (χ1n) is 8.74. The number of methoxy groups -OCH3 is 1. The van der Waals surface area contributed by atoms with Gasteiger partial charge in [0.15, 0.2) is 5.69 Å². The van der Waals surface area contributed by atoms with E-state index in [9.17, 15) is 0 Å². The molecule has 0 saturated carbocycles. The van der Waals surface area contributed by atoms with E-state index >= 15 is 0 Å². The summed E-state index contributed by atoms with van der Waals surface area (Å²) in [5.74, 6) is 1.61. The highest BCUT2D eigenvalue weighted by Crippen LogP contribution is 2.31. The molecule has 3 aromatic heterocycles. The van der Waals surface area contributed by atoms with Crippen LogP contribution in [0.4, 0.5) is 0 Å². The van der Waals surface area contributed by atoms with Crippen molar-refractivity contribution in [1.29, 1.82) is 0 Å². The number of rotatable bonds is 4. The molecule has 1 aromatic carbocycles. The summed E-state index contributed by atoms with van der Waals surface area (Å²) in [6, 6.07) is 11.4. The molecule has 28 heavy (non-hydrogen) atoms. The summed E-state index contributed by atoms with van der Waals surface area (Å²) in [4.78, 5) is 8.42. The second kappa shape index (κ2) is 6.86. The van der Waals surface area contributed by atoms with Crippen molar-refractivity contribution in [2.24, 2.45) is 0 Å². The minimum absolute atomic E-state index is 0.106. The molecule has 0 bridgehead atoms. The minimum atomic E-state index is -0.106. The normalized spacial score (nSPS) is 16.0. The van der Waals surface area contributed by atoms with Crippen molar-refractivity contribution in [1.82, 2.24) is 30.1 Å². The predicted molar refractivity (Wildman–Crippen MR) is 97.1 cm³/mol. The van der Waals surface area contributed by atoms with Gasteiger partial charge in [0.25, 0.3) is 5.89 Å². The standard InChI is InChI=1S/C19H16N6O3/c1-26-14-4-2-12(3-5-14)16-10-25-15(11-27-16)17(22-24-25)18-21-19(28-23-18)13-6-8-20-9-7-13/h2-9,16H,10-11H2,1H3/t16-/m0/s1. The summed E-state index contributed by atoms with van der Waals surface area (Å²) in [6.07, 6.45) is 3.24. The van der Waals surface area contributed by atoms with E-state index in [1.54, 1.807) is 31.6 Å². The highest BCUT2D eigenvalue weighted by Gasteiger charge is 2.27.